The molecule has 0 aliphatic rings. The number of benzene rings is 4. The molecule has 34 heavy (non-hydrogen) atoms. The van der Waals surface area contributed by atoms with E-state index < -0.39 is 5.92 Å². The first-order valence-corrected chi connectivity index (χ1v) is 11.4. The van der Waals surface area contributed by atoms with E-state index in [2.05, 4.69) is 19.2 Å². The Morgan fingerprint density at radius 1 is 0.794 bits per heavy atom. The Morgan fingerprint density at radius 3 is 2.06 bits per heavy atom. The minimum Gasteiger partial charge on any atom is -0.436 e. The summed E-state index contributed by atoms with van der Waals surface area (Å²) < 4.78 is 6.09. The van der Waals surface area contributed by atoms with Crippen molar-refractivity contribution in [2.24, 2.45) is 0 Å². The average Bonchev–Trinajstić information content (AvgIpc) is 3.24. The highest BCUT2D eigenvalue weighted by atomic mass is 16.3. The summed E-state index contributed by atoms with van der Waals surface area (Å²) in [6.45, 7) is 6.12. The minimum atomic E-state index is -0.416. The van der Waals surface area contributed by atoms with Crippen LogP contribution < -0.4 is 5.32 Å². The van der Waals surface area contributed by atoms with Crippen molar-refractivity contribution in [3.8, 4) is 11.5 Å². The van der Waals surface area contributed by atoms with Crippen LogP contribution in [-0.2, 0) is 4.79 Å². The number of amides is 1. The summed E-state index contributed by atoms with van der Waals surface area (Å²) in [5.74, 6) is 0.0541. The summed E-state index contributed by atoms with van der Waals surface area (Å²) in [7, 11) is 0. The quantitative estimate of drug-likeness (QED) is 0.311. The molecule has 0 saturated heterocycles. The van der Waals surface area contributed by atoms with Gasteiger partial charge in [0.25, 0.3) is 0 Å². The van der Waals surface area contributed by atoms with Gasteiger partial charge >= 0.3 is 0 Å². The fourth-order valence-corrected chi connectivity index (χ4v) is 4.29. The first-order valence-electron chi connectivity index (χ1n) is 11.4. The first kappa shape index (κ1) is 21.7. The molecule has 0 unspecified atom stereocenters. The molecule has 4 nitrogen and oxygen atoms in total. The average molecular weight is 447 g/mol. The van der Waals surface area contributed by atoms with Crippen LogP contribution in [0, 0.1) is 20.8 Å². The van der Waals surface area contributed by atoms with Gasteiger partial charge in [-0.3, -0.25) is 4.79 Å². The first-order chi connectivity index (χ1) is 16.5. The van der Waals surface area contributed by atoms with Crippen LogP contribution in [0.5, 0.6) is 0 Å². The molecular formula is C30H26N2O2. The van der Waals surface area contributed by atoms with Gasteiger partial charge in [0.1, 0.15) is 5.52 Å². The number of hydrogen-bond acceptors (Lipinski definition) is 3. The van der Waals surface area contributed by atoms with Crippen molar-refractivity contribution in [2.75, 3.05) is 5.32 Å². The van der Waals surface area contributed by atoms with Crippen molar-refractivity contribution < 1.29 is 9.21 Å². The van der Waals surface area contributed by atoms with E-state index in [1.807, 2.05) is 97.9 Å². The van der Waals surface area contributed by atoms with E-state index in [1.54, 1.807) is 0 Å². The third-order valence-electron chi connectivity index (χ3n) is 6.35. The van der Waals surface area contributed by atoms with Crippen molar-refractivity contribution in [2.45, 2.75) is 26.7 Å². The van der Waals surface area contributed by atoms with Gasteiger partial charge in [-0.05, 0) is 72.9 Å². The molecule has 0 spiro atoms. The number of aryl methyl sites for hydroxylation is 2. The number of hydrogen-bond donors (Lipinski definition) is 1. The maximum Gasteiger partial charge on any atom is 0.236 e. The van der Waals surface area contributed by atoms with Crippen LogP contribution in [-0.4, -0.2) is 10.9 Å². The largest absolute Gasteiger partial charge is 0.436 e. The van der Waals surface area contributed by atoms with Crippen LogP contribution in [0.3, 0.4) is 0 Å². The van der Waals surface area contributed by atoms with Gasteiger partial charge in [0.15, 0.2) is 5.58 Å². The number of rotatable bonds is 5. The topological polar surface area (TPSA) is 55.1 Å². The predicted octanol–water partition coefficient (Wildman–Crippen LogP) is 7.19. The fourth-order valence-electron chi connectivity index (χ4n) is 4.29. The summed E-state index contributed by atoms with van der Waals surface area (Å²) in [5.41, 5.74) is 8.36. The zero-order valence-corrected chi connectivity index (χ0v) is 19.5. The second kappa shape index (κ2) is 8.99. The molecule has 1 amide bonds. The van der Waals surface area contributed by atoms with Crippen LogP contribution in [0.4, 0.5) is 5.69 Å². The lowest BCUT2D eigenvalue weighted by molar-refractivity contribution is -0.116. The number of nitrogens with one attached hydrogen (secondary N) is 1. The van der Waals surface area contributed by atoms with Crippen molar-refractivity contribution in [1.29, 1.82) is 0 Å². The third kappa shape index (κ3) is 4.11. The molecule has 4 aromatic carbocycles. The molecule has 168 valence electrons. The van der Waals surface area contributed by atoms with Gasteiger partial charge in [0, 0.05) is 11.3 Å². The van der Waals surface area contributed by atoms with E-state index in [-0.39, 0.29) is 5.91 Å². The second-order valence-electron chi connectivity index (χ2n) is 8.64. The zero-order chi connectivity index (χ0) is 23.7. The van der Waals surface area contributed by atoms with Crippen molar-refractivity contribution in [3.05, 3.63) is 119 Å². The highest BCUT2D eigenvalue weighted by Gasteiger charge is 2.24. The van der Waals surface area contributed by atoms with Crippen molar-refractivity contribution >= 4 is 22.7 Å². The number of carbonyl (C=O) groups excluding carboxylic acids is 1. The van der Waals surface area contributed by atoms with E-state index in [9.17, 15) is 4.79 Å². The Balaban J connectivity index is 1.50. The lowest BCUT2D eigenvalue weighted by Gasteiger charge is -2.19. The van der Waals surface area contributed by atoms with E-state index in [0.29, 0.717) is 5.89 Å². The Hall–Kier alpha value is -4.18. The Kier molecular flexibility index (Phi) is 5.72. The fraction of sp³-hybridized carbons (Fsp3) is 0.133. The van der Waals surface area contributed by atoms with Gasteiger partial charge in [-0.1, -0.05) is 66.7 Å². The number of oxazole rings is 1. The second-order valence-corrected chi connectivity index (χ2v) is 8.64. The maximum absolute atomic E-state index is 13.6. The van der Waals surface area contributed by atoms with Crippen LogP contribution in [0.25, 0.3) is 22.6 Å². The number of carbonyl (C=O) groups is 1. The normalized spacial score (nSPS) is 11.2. The molecule has 1 aromatic heterocycles. The van der Waals surface area contributed by atoms with E-state index in [1.165, 1.54) is 11.1 Å². The summed E-state index contributed by atoms with van der Waals surface area (Å²) in [5, 5.41) is 3.16. The van der Waals surface area contributed by atoms with E-state index >= 15 is 0 Å². The SMILES string of the molecule is Cc1cc2nc(-c3cccc(NC(=O)C(c4ccccc4)c4ccccc4)c3C)oc2cc1C. The smallest absolute Gasteiger partial charge is 0.236 e. The molecule has 1 N–H and O–H groups in total. The summed E-state index contributed by atoms with van der Waals surface area (Å²) in [4.78, 5) is 18.3. The molecule has 0 atom stereocenters. The molecule has 1 heterocycles. The van der Waals surface area contributed by atoms with Gasteiger partial charge in [-0.15, -0.1) is 0 Å². The third-order valence-corrected chi connectivity index (χ3v) is 6.35. The number of fused-ring (bicyclic) bond motifs is 1. The number of aromatic nitrogens is 1. The standard InChI is InChI=1S/C30H26N2O2/c1-19-17-26-27(18-20(19)2)34-30(32-26)24-15-10-16-25(21(24)3)31-29(33)28(22-11-6-4-7-12-22)23-13-8-5-9-14-23/h4-18,28H,1-3H3,(H,31,33). The molecule has 0 bridgehead atoms. The zero-order valence-electron chi connectivity index (χ0n) is 19.5. The molecule has 0 radical (unpaired) electrons. The van der Waals surface area contributed by atoms with Gasteiger partial charge < -0.3 is 9.73 Å². The van der Waals surface area contributed by atoms with Crippen molar-refractivity contribution in [3.63, 3.8) is 0 Å². The predicted molar refractivity (Wildman–Crippen MR) is 137 cm³/mol. The van der Waals surface area contributed by atoms with E-state index in [0.717, 1.165) is 39.0 Å². The van der Waals surface area contributed by atoms with Crippen LogP contribution in [0.1, 0.15) is 33.7 Å². The van der Waals surface area contributed by atoms with Gasteiger partial charge in [-0.25, -0.2) is 4.98 Å². The van der Waals surface area contributed by atoms with Crippen LogP contribution in [0.2, 0.25) is 0 Å². The molecule has 4 heteroatoms. The lowest BCUT2D eigenvalue weighted by atomic mass is 9.90. The molecule has 0 saturated carbocycles. The monoisotopic (exact) mass is 446 g/mol. The van der Waals surface area contributed by atoms with Gasteiger partial charge in [-0.2, -0.15) is 0 Å². The molecule has 0 aliphatic heterocycles. The van der Waals surface area contributed by atoms with Crippen molar-refractivity contribution in [1.82, 2.24) is 4.98 Å². The Morgan fingerprint density at radius 2 is 1.41 bits per heavy atom. The van der Waals surface area contributed by atoms with Crippen LogP contribution in [0.15, 0.2) is 95.4 Å². The van der Waals surface area contributed by atoms with E-state index in [4.69, 9.17) is 9.40 Å². The molecule has 5 rings (SSSR count). The maximum atomic E-state index is 13.6. The van der Waals surface area contributed by atoms with Gasteiger partial charge in [0.2, 0.25) is 11.8 Å². The minimum absolute atomic E-state index is 0.0820. The van der Waals surface area contributed by atoms with Crippen LogP contribution >= 0.6 is 0 Å². The summed E-state index contributed by atoms with van der Waals surface area (Å²) in [6, 6.07) is 29.6. The summed E-state index contributed by atoms with van der Waals surface area (Å²) in [6.07, 6.45) is 0. The summed E-state index contributed by atoms with van der Waals surface area (Å²) >= 11 is 0. The number of anilines is 1. The lowest BCUT2D eigenvalue weighted by Crippen LogP contribution is -2.22. The molecule has 0 fully saturated rings. The Bertz CT molecular complexity index is 1390. The highest BCUT2D eigenvalue weighted by molar-refractivity contribution is 5.99. The molecule has 5 aromatic rings. The molecule has 0 aliphatic carbocycles. The van der Waals surface area contributed by atoms with Gasteiger partial charge in [0.05, 0.1) is 5.92 Å². The Labute approximate surface area is 199 Å². The number of nitrogens with zero attached hydrogens (tertiary/aromatic N) is 1. The highest BCUT2D eigenvalue weighted by Crippen LogP contribution is 2.33. The molecular weight excluding hydrogens is 420 g/mol.